The molecule has 7 heteroatoms. The van der Waals surface area contributed by atoms with Crippen LogP contribution < -0.4 is 10.6 Å². The van der Waals surface area contributed by atoms with Crippen LogP contribution in [0.15, 0.2) is 9.52 Å². The first kappa shape index (κ1) is 16.4. The van der Waals surface area contributed by atoms with Gasteiger partial charge in [-0.3, -0.25) is 4.99 Å². The summed E-state index contributed by atoms with van der Waals surface area (Å²) in [5, 5.41) is 10.1. The Hall–Kier alpha value is -1.63. The number of nitrogens with one attached hydrogen (secondary N) is 2. The van der Waals surface area contributed by atoms with Crippen molar-refractivity contribution < 1.29 is 9.26 Å². The molecule has 1 aromatic rings. The van der Waals surface area contributed by atoms with Crippen molar-refractivity contribution in [2.24, 2.45) is 4.99 Å². The molecule has 0 aliphatic rings. The van der Waals surface area contributed by atoms with Gasteiger partial charge in [-0.25, -0.2) is 0 Å². The molecule has 114 valence electrons. The van der Waals surface area contributed by atoms with Gasteiger partial charge in [0.15, 0.2) is 11.8 Å². The molecule has 0 unspecified atom stereocenters. The fraction of sp³-hybridized carbons (Fsp3) is 0.769. The number of unbranched alkanes of at least 4 members (excludes halogenated alkanes) is 1. The molecule has 7 nitrogen and oxygen atoms in total. The van der Waals surface area contributed by atoms with Gasteiger partial charge in [-0.2, -0.15) is 4.98 Å². The molecule has 2 N–H and O–H groups in total. The summed E-state index contributed by atoms with van der Waals surface area (Å²) in [4.78, 5) is 8.24. The number of aryl methyl sites for hydroxylation is 1. The van der Waals surface area contributed by atoms with E-state index in [1.807, 2.05) is 0 Å². The minimum atomic E-state index is 0.490. The number of aromatic nitrogens is 2. The summed E-state index contributed by atoms with van der Waals surface area (Å²) in [6.07, 6.45) is 3.25. The SMILES string of the molecule is CCCCOCCCNC(=NC)NCc1noc(C)n1. The predicted octanol–water partition coefficient (Wildman–Crippen LogP) is 1.25. The Labute approximate surface area is 120 Å². The largest absolute Gasteiger partial charge is 0.381 e. The lowest BCUT2D eigenvalue weighted by atomic mass is 10.4. The van der Waals surface area contributed by atoms with Crippen LogP contribution in [0, 0.1) is 6.92 Å². The van der Waals surface area contributed by atoms with E-state index in [1.165, 1.54) is 6.42 Å². The molecule has 0 fully saturated rings. The maximum atomic E-state index is 5.49. The summed E-state index contributed by atoms with van der Waals surface area (Å²) in [5.74, 6) is 1.91. The molecule has 0 bridgehead atoms. The van der Waals surface area contributed by atoms with E-state index in [-0.39, 0.29) is 0 Å². The fourth-order valence-electron chi connectivity index (χ4n) is 1.53. The number of aliphatic imine (C=N–C) groups is 1. The highest BCUT2D eigenvalue weighted by Crippen LogP contribution is 1.93. The molecule has 0 aliphatic heterocycles. The maximum Gasteiger partial charge on any atom is 0.223 e. The van der Waals surface area contributed by atoms with Crippen LogP contribution in [0.25, 0.3) is 0 Å². The average Bonchev–Trinajstić information content (AvgIpc) is 2.87. The second-order valence-corrected chi connectivity index (χ2v) is 4.40. The second kappa shape index (κ2) is 10.2. The molecule has 0 spiro atoms. The first-order valence-electron chi connectivity index (χ1n) is 7.07. The van der Waals surface area contributed by atoms with Crippen molar-refractivity contribution in [3.8, 4) is 0 Å². The summed E-state index contributed by atoms with van der Waals surface area (Å²) >= 11 is 0. The second-order valence-electron chi connectivity index (χ2n) is 4.40. The molecular formula is C13H25N5O2. The third-order valence-corrected chi connectivity index (χ3v) is 2.61. The first-order valence-corrected chi connectivity index (χ1v) is 7.07. The van der Waals surface area contributed by atoms with Crippen LogP contribution in [0.4, 0.5) is 0 Å². The number of hydrogen-bond acceptors (Lipinski definition) is 5. The Morgan fingerprint density at radius 1 is 1.30 bits per heavy atom. The molecule has 0 amide bonds. The molecule has 0 saturated carbocycles. The van der Waals surface area contributed by atoms with E-state index in [0.29, 0.717) is 18.3 Å². The lowest BCUT2D eigenvalue weighted by molar-refractivity contribution is 0.129. The molecule has 20 heavy (non-hydrogen) atoms. The number of hydrogen-bond donors (Lipinski definition) is 2. The predicted molar refractivity (Wildman–Crippen MR) is 77.6 cm³/mol. The quantitative estimate of drug-likeness (QED) is 0.403. The van der Waals surface area contributed by atoms with Crippen molar-refractivity contribution in [3.63, 3.8) is 0 Å². The summed E-state index contributed by atoms with van der Waals surface area (Å²) in [5.41, 5.74) is 0. The van der Waals surface area contributed by atoms with E-state index in [1.54, 1.807) is 14.0 Å². The third-order valence-electron chi connectivity index (χ3n) is 2.61. The average molecular weight is 283 g/mol. The van der Waals surface area contributed by atoms with Gasteiger partial charge in [-0.15, -0.1) is 0 Å². The monoisotopic (exact) mass is 283 g/mol. The van der Waals surface area contributed by atoms with Crippen LogP contribution in [0.2, 0.25) is 0 Å². The maximum absolute atomic E-state index is 5.49. The van der Waals surface area contributed by atoms with Crippen molar-refractivity contribution in [2.45, 2.75) is 39.7 Å². The van der Waals surface area contributed by atoms with Crippen LogP contribution in [0.1, 0.15) is 37.9 Å². The summed E-state index contributed by atoms with van der Waals surface area (Å²) in [7, 11) is 1.73. The van der Waals surface area contributed by atoms with Gasteiger partial charge >= 0.3 is 0 Å². The van der Waals surface area contributed by atoms with Crippen LogP contribution >= 0.6 is 0 Å². The van der Waals surface area contributed by atoms with Crippen molar-refractivity contribution in [3.05, 3.63) is 11.7 Å². The molecular weight excluding hydrogens is 258 g/mol. The number of ether oxygens (including phenoxy) is 1. The van der Waals surface area contributed by atoms with Gasteiger partial charge in [0.05, 0.1) is 6.54 Å². The highest BCUT2D eigenvalue weighted by Gasteiger charge is 2.03. The van der Waals surface area contributed by atoms with Crippen molar-refractivity contribution in [1.29, 1.82) is 0 Å². The molecule has 1 rings (SSSR count). The minimum Gasteiger partial charge on any atom is -0.381 e. The number of nitrogens with zero attached hydrogens (tertiary/aromatic N) is 3. The van der Waals surface area contributed by atoms with Crippen molar-refractivity contribution in [1.82, 2.24) is 20.8 Å². The summed E-state index contributed by atoms with van der Waals surface area (Å²) < 4.78 is 10.4. The highest BCUT2D eigenvalue weighted by molar-refractivity contribution is 5.79. The van der Waals surface area contributed by atoms with Gasteiger partial charge in [0.1, 0.15) is 0 Å². The molecule has 0 radical (unpaired) electrons. The summed E-state index contributed by atoms with van der Waals surface area (Å²) in [6.45, 7) is 6.85. The zero-order chi connectivity index (χ0) is 14.6. The number of rotatable bonds is 9. The Kier molecular flexibility index (Phi) is 8.37. The van der Waals surface area contributed by atoms with Gasteiger partial charge in [-0.05, 0) is 12.8 Å². The molecule has 1 aromatic heterocycles. The minimum absolute atomic E-state index is 0.490. The van der Waals surface area contributed by atoms with Crippen LogP contribution in [0.5, 0.6) is 0 Å². The van der Waals surface area contributed by atoms with E-state index in [0.717, 1.165) is 38.6 Å². The topological polar surface area (TPSA) is 84.6 Å². The van der Waals surface area contributed by atoms with Gasteiger partial charge in [0.25, 0.3) is 0 Å². The van der Waals surface area contributed by atoms with Gasteiger partial charge in [-0.1, -0.05) is 18.5 Å². The van der Waals surface area contributed by atoms with Crippen LogP contribution in [-0.4, -0.2) is 42.9 Å². The summed E-state index contributed by atoms with van der Waals surface area (Å²) in [6, 6.07) is 0. The highest BCUT2D eigenvalue weighted by atomic mass is 16.5. The Morgan fingerprint density at radius 3 is 2.75 bits per heavy atom. The lowest BCUT2D eigenvalue weighted by Gasteiger charge is -2.10. The Balaban J connectivity index is 2.08. The van der Waals surface area contributed by atoms with E-state index in [9.17, 15) is 0 Å². The third kappa shape index (κ3) is 7.08. The standard InChI is InChI=1S/C13H25N5O2/c1-4-5-8-19-9-6-7-15-13(14-3)16-10-12-17-11(2)20-18-12/h4-10H2,1-3H3,(H2,14,15,16). The smallest absolute Gasteiger partial charge is 0.223 e. The van der Waals surface area contributed by atoms with Gasteiger partial charge in [0, 0.05) is 33.7 Å². The molecule has 0 saturated heterocycles. The van der Waals surface area contributed by atoms with E-state index >= 15 is 0 Å². The van der Waals surface area contributed by atoms with Crippen LogP contribution in [-0.2, 0) is 11.3 Å². The molecule has 0 aliphatic carbocycles. The normalized spacial score (nSPS) is 11.7. The van der Waals surface area contributed by atoms with Crippen molar-refractivity contribution >= 4 is 5.96 Å². The molecule has 1 heterocycles. The van der Waals surface area contributed by atoms with E-state index in [2.05, 4.69) is 32.7 Å². The molecule has 0 atom stereocenters. The van der Waals surface area contributed by atoms with E-state index in [4.69, 9.17) is 9.26 Å². The fourth-order valence-corrected chi connectivity index (χ4v) is 1.53. The van der Waals surface area contributed by atoms with E-state index < -0.39 is 0 Å². The van der Waals surface area contributed by atoms with Crippen molar-refractivity contribution in [2.75, 3.05) is 26.8 Å². The Morgan fingerprint density at radius 2 is 2.10 bits per heavy atom. The first-order chi connectivity index (χ1) is 9.76. The van der Waals surface area contributed by atoms with Gasteiger partial charge in [0.2, 0.25) is 5.89 Å². The Bertz CT molecular complexity index is 392. The zero-order valence-corrected chi connectivity index (χ0v) is 12.6. The number of guanidine groups is 1. The van der Waals surface area contributed by atoms with Crippen LogP contribution in [0.3, 0.4) is 0 Å². The lowest BCUT2D eigenvalue weighted by Crippen LogP contribution is -2.37. The molecule has 0 aromatic carbocycles. The zero-order valence-electron chi connectivity index (χ0n) is 12.6. The van der Waals surface area contributed by atoms with Gasteiger partial charge < -0.3 is 19.9 Å².